The molecule has 2 aliphatic rings. The molecule has 310 valence electrons. The normalized spacial score (nSPS) is 15.4. The highest BCUT2D eigenvalue weighted by Gasteiger charge is 2.44. The van der Waals surface area contributed by atoms with Crippen molar-refractivity contribution in [3.63, 3.8) is 0 Å². The Morgan fingerprint density at radius 1 is 0.415 bits per heavy atom. The molecule has 2 nitrogen and oxygen atoms in total. The summed E-state index contributed by atoms with van der Waals surface area (Å²) in [6.45, 7) is 0. The minimum absolute atomic E-state index is 0.309. The molecule has 65 heavy (non-hydrogen) atoms. The van der Waals surface area contributed by atoms with Gasteiger partial charge in [-0.3, -0.25) is 0 Å². The molecule has 0 N–H and O–H groups in total. The summed E-state index contributed by atoms with van der Waals surface area (Å²) in [5.41, 5.74) is 8.32. The summed E-state index contributed by atoms with van der Waals surface area (Å²) in [6, 6.07) is 87.9. The van der Waals surface area contributed by atoms with Gasteiger partial charge in [0.1, 0.15) is 0 Å². The van der Waals surface area contributed by atoms with E-state index >= 15 is 0 Å². The van der Waals surface area contributed by atoms with Gasteiger partial charge in [-0.25, -0.2) is 0 Å². The quantitative estimate of drug-likeness (QED) is 0.0998. The summed E-state index contributed by atoms with van der Waals surface area (Å²) in [7, 11) is -3.15. The molecule has 1 aromatic heterocycles. The lowest BCUT2D eigenvalue weighted by atomic mass is 9.91. The molecule has 2 unspecified atom stereocenters. The third-order valence-corrected chi connectivity index (χ3v) is 20.4. The zero-order chi connectivity index (χ0) is 43.2. The lowest BCUT2D eigenvalue weighted by Crippen LogP contribution is -2.75. The highest BCUT2D eigenvalue weighted by molar-refractivity contribution is 8.00. The predicted molar refractivity (Wildman–Crippen MR) is 282 cm³/mol. The van der Waals surface area contributed by atoms with E-state index in [9.17, 15) is 0 Å². The van der Waals surface area contributed by atoms with E-state index < -0.39 is 8.07 Å². The van der Waals surface area contributed by atoms with Crippen molar-refractivity contribution >= 4 is 101 Å². The van der Waals surface area contributed by atoms with Crippen LogP contribution in [0.25, 0.3) is 20.2 Å². The van der Waals surface area contributed by atoms with Crippen molar-refractivity contribution < 1.29 is 0 Å². The van der Waals surface area contributed by atoms with Gasteiger partial charge >= 0.3 is 0 Å². The molecule has 0 saturated carbocycles. The second kappa shape index (κ2) is 16.8. The van der Waals surface area contributed by atoms with E-state index in [1.807, 2.05) is 23.1 Å². The predicted octanol–water partition coefficient (Wildman–Crippen LogP) is 13.8. The molecule has 0 amide bonds. The number of allylic oxidation sites excluding steroid dienone is 2. The zero-order valence-corrected chi connectivity index (χ0v) is 38.2. The van der Waals surface area contributed by atoms with Crippen molar-refractivity contribution in [2.45, 2.75) is 16.1 Å². The maximum absolute atomic E-state index is 3.15. The Balaban J connectivity index is 1.09. The van der Waals surface area contributed by atoms with Crippen LogP contribution in [-0.4, -0.2) is 13.3 Å². The van der Waals surface area contributed by atoms with E-state index in [1.54, 1.807) is 0 Å². The molecule has 0 saturated heterocycles. The molecule has 2 atom stereocenters. The minimum atomic E-state index is -3.15. The van der Waals surface area contributed by atoms with Crippen LogP contribution in [0.2, 0.25) is 0 Å². The number of benzene rings is 9. The van der Waals surface area contributed by atoms with Crippen LogP contribution in [0, 0.1) is 0 Å². The van der Waals surface area contributed by atoms with E-state index in [0.29, 0.717) is 11.2 Å². The number of thiophene rings is 1. The van der Waals surface area contributed by atoms with Gasteiger partial charge in [-0.1, -0.05) is 176 Å². The molecule has 0 radical (unpaired) electrons. The first kappa shape index (κ1) is 39.4. The van der Waals surface area contributed by atoms with Gasteiger partial charge in [-0.2, -0.15) is 0 Å². The Bertz CT molecular complexity index is 3340. The van der Waals surface area contributed by atoms with Gasteiger partial charge in [0, 0.05) is 70.4 Å². The molecular formula is C60H44N2S2Si. The summed E-state index contributed by atoms with van der Waals surface area (Å²) in [5, 5.41) is 8.21. The fourth-order valence-electron chi connectivity index (χ4n) is 10.3. The van der Waals surface area contributed by atoms with E-state index in [1.165, 1.54) is 62.8 Å². The second-order valence-corrected chi connectivity index (χ2v) is 22.8. The number of rotatable bonds is 10. The number of hydrogen-bond donors (Lipinski definition) is 0. The topological polar surface area (TPSA) is 6.48 Å². The highest BCUT2D eigenvalue weighted by Crippen LogP contribution is 2.50. The minimum Gasteiger partial charge on any atom is -0.311 e. The number of anilines is 5. The van der Waals surface area contributed by atoms with E-state index in [-0.39, 0.29) is 0 Å². The molecule has 9 aromatic carbocycles. The van der Waals surface area contributed by atoms with Crippen molar-refractivity contribution in [2.75, 3.05) is 9.80 Å². The van der Waals surface area contributed by atoms with E-state index in [2.05, 4.69) is 265 Å². The van der Waals surface area contributed by atoms with Crippen molar-refractivity contribution in [3.8, 4) is 0 Å². The summed E-state index contributed by atoms with van der Waals surface area (Å²) < 4.78 is 2.59. The Labute approximate surface area is 390 Å². The molecule has 0 fully saturated rings. The molecule has 10 aromatic rings. The summed E-state index contributed by atoms with van der Waals surface area (Å²) in [4.78, 5) is 6.35. The van der Waals surface area contributed by atoms with Gasteiger partial charge in [-0.15, -0.1) is 23.1 Å². The van der Waals surface area contributed by atoms with E-state index in [4.69, 9.17) is 0 Å². The monoisotopic (exact) mass is 884 g/mol. The third kappa shape index (κ3) is 6.86. The standard InChI is InChI=1S/C60H44N2S2Si/c1-5-20-43(21-6-1)61(46-36-38-53-51-30-13-16-33-56(51)63-58(53)41-46)45-24-19-29-50(40-45)65(48-25-9-3-10-26-48,49-27-11-4-12-28-49)60-35-18-15-32-55(60)62(44-22-7-2-8-23-44)47-37-39-54-52-31-14-17-34-57(52)64-59(54)42-47/h1-42,54,59H. The van der Waals surface area contributed by atoms with Crippen LogP contribution in [-0.2, 0) is 0 Å². The van der Waals surface area contributed by atoms with Crippen molar-refractivity contribution in [2.24, 2.45) is 0 Å². The number of fused-ring (bicyclic) bond motifs is 6. The number of nitrogens with zero attached hydrogens (tertiary/aromatic N) is 2. The molecule has 1 aliphatic heterocycles. The van der Waals surface area contributed by atoms with Crippen molar-refractivity contribution in [1.82, 2.24) is 0 Å². The molecule has 1 aliphatic carbocycles. The van der Waals surface area contributed by atoms with Gasteiger partial charge < -0.3 is 9.80 Å². The molecule has 0 spiro atoms. The lowest BCUT2D eigenvalue weighted by Gasteiger charge is -2.39. The molecule has 5 heteroatoms. The van der Waals surface area contributed by atoms with Gasteiger partial charge in [-0.05, 0) is 105 Å². The molecule has 0 bridgehead atoms. The maximum atomic E-state index is 2.53. The number of thioether (sulfide) groups is 1. The fraction of sp³-hybridized carbons (Fsp3) is 0.0333. The first-order valence-electron chi connectivity index (χ1n) is 22.3. The van der Waals surface area contributed by atoms with E-state index in [0.717, 1.165) is 22.7 Å². The van der Waals surface area contributed by atoms with Gasteiger partial charge in [0.25, 0.3) is 0 Å². The first-order chi connectivity index (χ1) is 32.2. The maximum Gasteiger partial charge on any atom is 0.181 e. The summed E-state index contributed by atoms with van der Waals surface area (Å²) >= 11 is 3.85. The smallest absolute Gasteiger partial charge is 0.181 e. The highest BCUT2D eigenvalue weighted by atomic mass is 32.2. The SMILES string of the molecule is C1=CC2c3ccccc3SC2C=C1N(c1ccccc1)c1ccccc1[Si](c1ccccc1)(c1ccccc1)c1cccc(N(c2ccccc2)c2ccc3c(c2)sc2ccccc23)c1. The van der Waals surface area contributed by atoms with Crippen LogP contribution in [0.1, 0.15) is 11.5 Å². The molecule has 2 heterocycles. The zero-order valence-electron chi connectivity index (χ0n) is 35.6. The third-order valence-electron chi connectivity index (χ3n) is 13.1. The van der Waals surface area contributed by atoms with Crippen molar-refractivity contribution in [3.05, 3.63) is 266 Å². The Morgan fingerprint density at radius 2 is 0.985 bits per heavy atom. The van der Waals surface area contributed by atoms with Gasteiger partial charge in [0.05, 0.1) is 0 Å². The molecular weight excluding hydrogens is 841 g/mol. The summed E-state index contributed by atoms with van der Waals surface area (Å²) in [5.74, 6) is 0.352. The van der Waals surface area contributed by atoms with Crippen LogP contribution in [0.15, 0.2) is 265 Å². The largest absolute Gasteiger partial charge is 0.311 e. The Kier molecular flexibility index (Phi) is 10.2. The van der Waals surface area contributed by atoms with Crippen molar-refractivity contribution in [1.29, 1.82) is 0 Å². The molecule has 12 rings (SSSR count). The average Bonchev–Trinajstić information content (AvgIpc) is 3.94. The average molecular weight is 885 g/mol. The van der Waals surface area contributed by atoms with Crippen LogP contribution >= 0.6 is 23.1 Å². The van der Waals surface area contributed by atoms with Gasteiger partial charge in [0.2, 0.25) is 0 Å². The Hall–Kier alpha value is -7.15. The van der Waals surface area contributed by atoms with Gasteiger partial charge in [0.15, 0.2) is 8.07 Å². The first-order valence-corrected chi connectivity index (χ1v) is 26.0. The Morgan fingerprint density at radius 3 is 1.74 bits per heavy atom. The number of para-hydroxylation sites is 3. The number of hydrogen-bond acceptors (Lipinski definition) is 4. The van der Waals surface area contributed by atoms with Crippen LogP contribution in [0.4, 0.5) is 28.4 Å². The van der Waals surface area contributed by atoms with Crippen LogP contribution in [0.5, 0.6) is 0 Å². The fourth-order valence-corrected chi connectivity index (χ4v) is 17.8. The summed E-state index contributed by atoms with van der Waals surface area (Å²) in [6.07, 6.45) is 7.32. The second-order valence-electron chi connectivity index (χ2n) is 16.8. The van der Waals surface area contributed by atoms with Crippen LogP contribution < -0.4 is 30.5 Å². The lowest BCUT2D eigenvalue weighted by molar-refractivity contribution is 0.866. The van der Waals surface area contributed by atoms with Crippen LogP contribution in [0.3, 0.4) is 0 Å².